The van der Waals surface area contributed by atoms with Gasteiger partial charge in [-0.25, -0.2) is 0 Å². The van der Waals surface area contributed by atoms with E-state index in [4.69, 9.17) is 0 Å². The zero-order valence-electron chi connectivity index (χ0n) is 13.9. The number of hydrogen-bond acceptors (Lipinski definition) is 2. The molecule has 0 heterocycles. The van der Waals surface area contributed by atoms with Gasteiger partial charge in [0, 0.05) is 18.1 Å². The van der Waals surface area contributed by atoms with Gasteiger partial charge in [0.25, 0.3) is 0 Å². The Bertz CT molecular complexity index is 227. The Balaban J connectivity index is 2.73. The molecule has 0 saturated heterocycles. The molecule has 0 aromatic carbocycles. The van der Waals surface area contributed by atoms with Gasteiger partial charge in [0.1, 0.15) is 0 Å². The standard InChI is InChI=1S/C17H36N2/c1-6-9-15-10-11-16(18-8-3)17(13-15)19(12-7-2)14(4)5/h14-18H,6-13H2,1-5H3. The normalized spacial score (nSPS) is 28.3. The molecule has 2 nitrogen and oxygen atoms in total. The van der Waals surface area contributed by atoms with Crippen molar-refractivity contribution >= 4 is 0 Å². The first kappa shape index (κ1) is 17.0. The van der Waals surface area contributed by atoms with Crippen LogP contribution in [0.2, 0.25) is 0 Å². The first-order chi connectivity index (χ1) is 9.13. The van der Waals surface area contributed by atoms with E-state index in [-0.39, 0.29) is 0 Å². The Morgan fingerprint density at radius 1 is 1.11 bits per heavy atom. The Kier molecular flexibility index (Phi) is 8.01. The zero-order chi connectivity index (χ0) is 14.3. The summed E-state index contributed by atoms with van der Waals surface area (Å²) in [7, 11) is 0. The van der Waals surface area contributed by atoms with Crippen molar-refractivity contribution in [2.45, 2.75) is 91.3 Å². The molecule has 0 bridgehead atoms. The van der Waals surface area contributed by atoms with E-state index in [1.54, 1.807) is 0 Å². The summed E-state index contributed by atoms with van der Waals surface area (Å²) in [4.78, 5) is 2.76. The fourth-order valence-corrected chi connectivity index (χ4v) is 3.83. The van der Waals surface area contributed by atoms with E-state index in [9.17, 15) is 0 Å². The SMILES string of the molecule is CCCC1CCC(NCC)C(N(CCC)C(C)C)C1. The molecule has 1 N–H and O–H groups in total. The molecule has 0 radical (unpaired) electrons. The van der Waals surface area contributed by atoms with E-state index in [2.05, 4.69) is 44.8 Å². The molecule has 1 aliphatic carbocycles. The van der Waals surface area contributed by atoms with Gasteiger partial charge in [-0.3, -0.25) is 4.90 Å². The van der Waals surface area contributed by atoms with Gasteiger partial charge in [0.15, 0.2) is 0 Å². The smallest absolute Gasteiger partial charge is 0.0254 e. The van der Waals surface area contributed by atoms with E-state index in [0.29, 0.717) is 12.1 Å². The molecule has 0 aliphatic heterocycles. The van der Waals surface area contributed by atoms with Crippen LogP contribution in [-0.2, 0) is 0 Å². The fourth-order valence-electron chi connectivity index (χ4n) is 3.83. The first-order valence-electron chi connectivity index (χ1n) is 8.63. The second kappa shape index (κ2) is 8.97. The van der Waals surface area contributed by atoms with Crippen LogP contribution in [0, 0.1) is 5.92 Å². The monoisotopic (exact) mass is 268 g/mol. The number of nitrogens with zero attached hydrogens (tertiary/aromatic N) is 1. The molecule has 1 saturated carbocycles. The molecule has 0 aromatic rings. The third-order valence-corrected chi connectivity index (χ3v) is 4.66. The average molecular weight is 268 g/mol. The molecular formula is C17H36N2. The molecule has 1 rings (SSSR count). The van der Waals surface area contributed by atoms with Crippen molar-refractivity contribution in [1.29, 1.82) is 0 Å². The number of likely N-dealkylation sites (N-methyl/N-ethyl adjacent to an activating group) is 1. The highest BCUT2D eigenvalue weighted by Crippen LogP contribution is 2.32. The quantitative estimate of drug-likeness (QED) is 0.714. The van der Waals surface area contributed by atoms with Gasteiger partial charge in [-0.15, -0.1) is 0 Å². The lowest BCUT2D eigenvalue weighted by atomic mass is 9.79. The highest BCUT2D eigenvalue weighted by atomic mass is 15.2. The lowest BCUT2D eigenvalue weighted by Crippen LogP contribution is -2.55. The second-order valence-corrected chi connectivity index (χ2v) is 6.53. The topological polar surface area (TPSA) is 15.3 Å². The molecule has 3 atom stereocenters. The van der Waals surface area contributed by atoms with Crippen molar-refractivity contribution in [2.75, 3.05) is 13.1 Å². The predicted molar refractivity (Wildman–Crippen MR) is 85.6 cm³/mol. The summed E-state index contributed by atoms with van der Waals surface area (Å²) in [6, 6.07) is 2.14. The van der Waals surface area contributed by atoms with E-state index in [0.717, 1.165) is 18.5 Å². The maximum absolute atomic E-state index is 3.75. The summed E-state index contributed by atoms with van der Waals surface area (Å²) in [5, 5.41) is 3.75. The zero-order valence-corrected chi connectivity index (χ0v) is 13.9. The molecule has 2 heteroatoms. The number of rotatable bonds is 8. The van der Waals surface area contributed by atoms with Crippen LogP contribution in [0.25, 0.3) is 0 Å². The van der Waals surface area contributed by atoms with Crippen molar-refractivity contribution in [3.63, 3.8) is 0 Å². The van der Waals surface area contributed by atoms with Crippen molar-refractivity contribution in [1.82, 2.24) is 10.2 Å². The van der Waals surface area contributed by atoms with Crippen LogP contribution in [-0.4, -0.2) is 36.1 Å². The molecule has 0 spiro atoms. The minimum Gasteiger partial charge on any atom is -0.313 e. The molecule has 1 aliphatic rings. The third kappa shape index (κ3) is 5.07. The van der Waals surface area contributed by atoms with E-state index < -0.39 is 0 Å². The van der Waals surface area contributed by atoms with Crippen LogP contribution in [0.1, 0.15) is 73.1 Å². The Morgan fingerprint density at radius 3 is 2.37 bits per heavy atom. The molecule has 114 valence electrons. The van der Waals surface area contributed by atoms with E-state index >= 15 is 0 Å². The van der Waals surface area contributed by atoms with E-state index in [1.165, 1.54) is 45.1 Å². The molecule has 3 unspecified atom stereocenters. The van der Waals surface area contributed by atoms with Crippen LogP contribution in [0.4, 0.5) is 0 Å². The maximum Gasteiger partial charge on any atom is 0.0254 e. The van der Waals surface area contributed by atoms with Gasteiger partial charge in [-0.2, -0.15) is 0 Å². The van der Waals surface area contributed by atoms with Crippen LogP contribution in [0.5, 0.6) is 0 Å². The minimum absolute atomic E-state index is 0.673. The molecule has 1 fully saturated rings. The van der Waals surface area contributed by atoms with Gasteiger partial charge in [-0.05, 0) is 58.5 Å². The van der Waals surface area contributed by atoms with Gasteiger partial charge in [-0.1, -0.05) is 33.6 Å². The predicted octanol–water partition coefficient (Wildman–Crippen LogP) is 4.05. The Labute approximate surface area is 121 Å². The Morgan fingerprint density at radius 2 is 1.84 bits per heavy atom. The van der Waals surface area contributed by atoms with Crippen molar-refractivity contribution in [3.05, 3.63) is 0 Å². The van der Waals surface area contributed by atoms with Crippen molar-refractivity contribution in [2.24, 2.45) is 5.92 Å². The third-order valence-electron chi connectivity index (χ3n) is 4.66. The highest BCUT2D eigenvalue weighted by Gasteiger charge is 2.34. The summed E-state index contributed by atoms with van der Waals surface area (Å²) in [5.41, 5.74) is 0. The summed E-state index contributed by atoms with van der Waals surface area (Å²) in [6.07, 6.45) is 8.25. The molecule has 0 aromatic heterocycles. The summed E-state index contributed by atoms with van der Waals surface area (Å²) in [6.45, 7) is 14.0. The lowest BCUT2D eigenvalue weighted by Gasteiger charge is -2.45. The number of hydrogen-bond donors (Lipinski definition) is 1. The number of nitrogens with one attached hydrogen (secondary N) is 1. The summed E-state index contributed by atoms with van der Waals surface area (Å²) < 4.78 is 0. The van der Waals surface area contributed by atoms with Crippen LogP contribution < -0.4 is 5.32 Å². The van der Waals surface area contributed by atoms with Gasteiger partial charge >= 0.3 is 0 Å². The fraction of sp³-hybridized carbons (Fsp3) is 1.00. The van der Waals surface area contributed by atoms with Crippen LogP contribution in [0.3, 0.4) is 0 Å². The van der Waals surface area contributed by atoms with Crippen molar-refractivity contribution in [3.8, 4) is 0 Å². The van der Waals surface area contributed by atoms with E-state index in [1.807, 2.05) is 0 Å². The van der Waals surface area contributed by atoms with Gasteiger partial charge < -0.3 is 5.32 Å². The second-order valence-electron chi connectivity index (χ2n) is 6.53. The Hall–Kier alpha value is -0.0800. The van der Waals surface area contributed by atoms with Gasteiger partial charge in [0.05, 0.1) is 0 Å². The lowest BCUT2D eigenvalue weighted by molar-refractivity contribution is 0.0696. The highest BCUT2D eigenvalue weighted by molar-refractivity contribution is 4.92. The van der Waals surface area contributed by atoms with Gasteiger partial charge in [0.2, 0.25) is 0 Å². The summed E-state index contributed by atoms with van der Waals surface area (Å²) in [5.74, 6) is 0.961. The molecule has 0 amide bonds. The maximum atomic E-state index is 3.75. The summed E-state index contributed by atoms with van der Waals surface area (Å²) >= 11 is 0. The van der Waals surface area contributed by atoms with Crippen LogP contribution >= 0.6 is 0 Å². The average Bonchev–Trinajstić information content (AvgIpc) is 2.38. The first-order valence-corrected chi connectivity index (χ1v) is 8.63. The molecular weight excluding hydrogens is 232 g/mol. The molecule has 19 heavy (non-hydrogen) atoms. The van der Waals surface area contributed by atoms with Crippen molar-refractivity contribution < 1.29 is 0 Å². The van der Waals surface area contributed by atoms with Crippen LogP contribution in [0.15, 0.2) is 0 Å². The largest absolute Gasteiger partial charge is 0.313 e. The minimum atomic E-state index is 0.673.